The van der Waals surface area contributed by atoms with Crippen LogP contribution in [0.4, 0.5) is 0 Å². The van der Waals surface area contributed by atoms with Crippen molar-refractivity contribution in [2.75, 3.05) is 0 Å². The molecule has 0 saturated carbocycles. The Kier molecular flexibility index (Phi) is 12.2. The van der Waals surface area contributed by atoms with Gasteiger partial charge in [0.05, 0.1) is 0 Å². The summed E-state index contributed by atoms with van der Waals surface area (Å²) in [6.07, 6.45) is 10.8. The van der Waals surface area contributed by atoms with Crippen LogP contribution in [0.15, 0.2) is 12.7 Å². The lowest BCUT2D eigenvalue weighted by Crippen LogP contribution is -2.47. The summed E-state index contributed by atoms with van der Waals surface area (Å²) in [5.41, 5.74) is 0. The molecule has 0 spiro atoms. The van der Waals surface area contributed by atoms with Crippen LogP contribution in [0.3, 0.4) is 0 Å². The van der Waals surface area contributed by atoms with E-state index in [-0.39, 0.29) is 12.2 Å². The zero-order chi connectivity index (χ0) is 17.0. The SMILES string of the molecule is C=CC(=O)OC(C)N(C(C)CCCCC)C(C)CCCCC. The number of carbonyl (C=O) groups excluding carboxylic acids is 1. The van der Waals surface area contributed by atoms with E-state index in [2.05, 4.69) is 39.2 Å². The molecule has 0 amide bonds. The minimum atomic E-state index is -0.334. The second-order valence-corrected chi connectivity index (χ2v) is 6.38. The van der Waals surface area contributed by atoms with Crippen molar-refractivity contribution in [3.05, 3.63) is 12.7 Å². The summed E-state index contributed by atoms with van der Waals surface area (Å²) in [5.74, 6) is -0.334. The second kappa shape index (κ2) is 12.7. The van der Waals surface area contributed by atoms with E-state index in [1.165, 1.54) is 44.6 Å². The van der Waals surface area contributed by atoms with Crippen LogP contribution in [-0.2, 0) is 9.53 Å². The fourth-order valence-corrected chi connectivity index (χ4v) is 3.11. The van der Waals surface area contributed by atoms with Gasteiger partial charge in [-0.25, -0.2) is 4.79 Å². The molecule has 0 aliphatic carbocycles. The van der Waals surface area contributed by atoms with Crippen molar-refractivity contribution in [1.82, 2.24) is 4.90 Å². The maximum atomic E-state index is 11.5. The Morgan fingerprint density at radius 3 is 1.82 bits per heavy atom. The maximum absolute atomic E-state index is 11.5. The number of nitrogens with zero attached hydrogens (tertiary/aromatic N) is 1. The average molecular weight is 312 g/mol. The third kappa shape index (κ3) is 8.57. The molecular weight excluding hydrogens is 274 g/mol. The number of hydrogen-bond donors (Lipinski definition) is 0. The van der Waals surface area contributed by atoms with Gasteiger partial charge in [0.1, 0.15) is 0 Å². The minimum Gasteiger partial charge on any atom is -0.443 e. The van der Waals surface area contributed by atoms with Crippen molar-refractivity contribution in [1.29, 1.82) is 0 Å². The van der Waals surface area contributed by atoms with Gasteiger partial charge in [0.25, 0.3) is 0 Å². The molecule has 3 nitrogen and oxygen atoms in total. The summed E-state index contributed by atoms with van der Waals surface area (Å²) in [5, 5.41) is 0. The Morgan fingerprint density at radius 1 is 1.00 bits per heavy atom. The van der Waals surface area contributed by atoms with E-state index in [0.717, 1.165) is 12.8 Å². The van der Waals surface area contributed by atoms with Crippen LogP contribution in [0.1, 0.15) is 86.0 Å². The summed E-state index contributed by atoms with van der Waals surface area (Å²) in [4.78, 5) is 13.9. The number of rotatable bonds is 13. The lowest BCUT2D eigenvalue weighted by molar-refractivity contribution is -0.156. The predicted molar refractivity (Wildman–Crippen MR) is 94.8 cm³/mol. The fraction of sp³-hybridized carbons (Fsp3) is 0.842. The van der Waals surface area contributed by atoms with E-state index in [1.54, 1.807) is 0 Å². The molecule has 3 unspecified atom stereocenters. The van der Waals surface area contributed by atoms with Gasteiger partial charge in [0.2, 0.25) is 0 Å². The summed E-state index contributed by atoms with van der Waals surface area (Å²) >= 11 is 0. The molecule has 22 heavy (non-hydrogen) atoms. The highest BCUT2D eigenvalue weighted by atomic mass is 16.6. The van der Waals surface area contributed by atoms with Crippen molar-refractivity contribution < 1.29 is 9.53 Å². The predicted octanol–water partition coefficient (Wildman–Crippen LogP) is 5.30. The molecule has 0 bridgehead atoms. The Labute approximate surface area is 138 Å². The molecule has 0 rings (SSSR count). The van der Waals surface area contributed by atoms with Crippen LogP contribution in [0.2, 0.25) is 0 Å². The van der Waals surface area contributed by atoms with Gasteiger partial charge in [-0.2, -0.15) is 0 Å². The maximum Gasteiger partial charge on any atom is 0.331 e. The van der Waals surface area contributed by atoms with Crippen molar-refractivity contribution in [3.63, 3.8) is 0 Å². The summed E-state index contributed by atoms with van der Waals surface area (Å²) < 4.78 is 5.49. The van der Waals surface area contributed by atoms with Crippen LogP contribution >= 0.6 is 0 Å². The van der Waals surface area contributed by atoms with Gasteiger partial charge in [-0.05, 0) is 33.6 Å². The summed E-state index contributed by atoms with van der Waals surface area (Å²) in [6, 6.07) is 0.853. The third-order valence-electron chi connectivity index (χ3n) is 4.34. The van der Waals surface area contributed by atoms with Gasteiger partial charge < -0.3 is 4.74 Å². The Hall–Kier alpha value is -0.830. The Bertz CT molecular complexity index is 288. The van der Waals surface area contributed by atoms with E-state index >= 15 is 0 Å². The van der Waals surface area contributed by atoms with Crippen molar-refractivity contribution in [3.8, 4) is 0 Å². The lowest BCUT2D eigenvalue weighted by atomic mass is 10.0. The molecule has 0 fully saturated rings. The molecule has 0 heterocycles. The quantitative estimate of drug-likeness (QED) is 0.200. The molecule has 0 aliphatic rings. The van der Waals surface area contributed by atoms with E-state index in [4.69, 9.17) is 4.74 Å². The molecule has 0 aromatic carbocycles. The molecule has 0 aliphatic heterocycles. The van der Waals surface area contributed by atoms with E-state index in [9.17, 15) is 4.79 Å². The average Bonchev–Trinajstić information content (AvgIpc) is 2.47. The van der Waals surface area contributed by atoms with Crippen LogP contribution in [0.25, 0.3) is 0 Å². The summed E-state index contributed by atoms with van der Waals surface area (Å²) in [7, 11) is 0. The van der Waals surface area contributed by atoms with Gasteiger partial charge in [-0.3, -0.25) is 4.90 Å². The van der Waals surface area contributed by atoms with Gasteiger partial charge in [-0.15, -0.1) is 0 Å². The zero-order valence-electron chi connectivity index (χ0n) is 15.4. The highest BCUT2D eigenvalue weighted by Gasteiger charge is 2.26. The fourth-order valence-electron chi connectivity index (χ4n) is 3.11. The molecular formula is C19H37NO2. The number of unbranched alkanes of at least 4 members (excludes halogenated alkanes) is 4. The molecule has 130 valence electrons. The second-order valence-electron chi connectivity index (χ2n) is 6.38. The van der Waals surface area contributed by atoms with Gasteiger partial charge in [0.15, 0.2) is 6.23 Å². The highest BCUT2D eigenvalue weighted by molar-refractivity contribution is 5.81. The van der Waals surface area contributed by atoms with Crippen LogP contribution in [0.5, 0.6) is 0 Å². The van der Waals surface area contributed by atoms with Gasteiger partial charge in [-0.1, -0.05) is 59.0 Å². The first-order valence-corrected chi connectivity index (χ1v) is 9.08. The van der Waals surface area contributed by atoms with Gasteiger partial charge >= 0.3 is 5.97 Å². The normalized spacial score (nSPS) is 15.4. The molecule has 3 atom stereocenters. The first-order chi connectivity index (χ1) is 10.5. The number of ether oxygens (including phenoxy) is 1. The van der Waals surface area contributed by atoms with Crippen molar-refractivity contribution in [2.24, 2.45) is 0 Å². The van der Waals surface area contributed by atoms with Crippen LogP contribution < -0.4 is 0 Å². The summed E-state index contributed by atoms with van der Waals surface area (Å²) in [6.45, 7) is 14.4. The van der Waals surface area contributed by atoms with Crippen molar-refractivity contribution >= 4 is 5.97 Å². The largest absolute Gasteiger partial charge is 0.443 e. The third-order valence-corrected chi connectivity index (χ3v) is 4.34. The van der Waals surface area contributed by atoms with Gasteiger partial charge in [0, 0.05) is 18.2 Å². The number of esters is 1. The van der Waals surface area contributed by atoms with Crippen LogP contribution in [-0.4, -0.2) is 29.2 Å². The lowest BCUT2D eigenvalue weighted by Gasteiger charge is -2.38. The first-order valence-electron chi connectivity index (χ1n) is 9.08. The number of hydrogen-bond acceptors (Lipinski definition) is 3. The first kappa shape index (κ1) is 21.2. The molecule has 0 radical (unpaired) electrons. The molecule has 0 aromatic rings. The molecule has 0 aromatic heterocycles. The number of carbonyl (C=O) groups is 1. The zero-order valence-corrected chi connectivity index (χ0v) is 15.4. The Morgan fingerprint density at radius 2 is 1.45 bits per heavy atom. The molecule has 3 heteroatoms. The molecule has 0 saturated heterocycles. The standard InChI is InChI=1S/C19H37NO2/c1-7-10-12-14-16(4)20(17(5)15-13-11-8-2)18(6)22-19(21)9-3/h9,16-18H,3,7-8,10-15H2,1-2,4-6H3. The van der Waals surface area contributed by atoms with E-state index in [0.29, 0.717) is 12.1 Å². The smallest absolute Gasteiger partial charge is 0.331 e. The van der Waals surface area contributed by atoms with Crippen molar-refractivity contribution in [2.45, 2.75) is 104 Å². The monoisotopic (exact) mass is 311 g/mol. The van der Waals surface area contributed by atoms with E-state index < -0.39 is 0 Å². The highest BCUT2D eigenvalue weighted by Crippen LogP contribution is 2.21. The van der Waals surface area contributed by atoms with E-state index in [1.807, 2.05) is 6.92 Å². The Balaban J connectivity index is 4.71. The minimum absolute atomic E-state index is 0.196. The molecule has 0 N–H and O–H groups in total. The van der Waals surface area contributed by atoms with Crippen LogP contribution in [0, 0.1) is 0 Å². The topological polar surface area (TPSA) is 29.5 Å².